The summed E-state index contributed by atoms with van der Waals surface area (Å²) in [4.78, 5) is 26.6. The predicted molar refractivity (Wildman–Crippen MR) is 202 cm³/mol. The molecule has 262 valence electrons. The number of aliphatic hydroxyl groups is 1. The molecule has 0 atom stereocenters. The van der Waals surface area contributed by atoms with Crippen LogP contribution in [0.1, 0.15) is 72.1 Å². The monoisotopic (exact) mass is 666 g/mol. The highest BCUT2D eigenvalue weighted by Crippen LogP contribution is 2.48. The van der Waals surface area contributed by atoms with Gasteiger partial charge in [0.25, 0.3) is 5.91 Å². The van der Waals surface area contributed by atoms with Crippen molar-refractivity contribution in [2.75, 3.05) is 40.9 Å². The average molecular weight is 667 g/mol. The van der Waals surface area contributed by atoms with Crippen molar-refractivity contribution < 1.29 is 19.4 Å². The van der Waals surface area contributed by atoms with Gasteiger partial charge < -0.3 is 20.1 Å². The van der Waals surface area contributed by atoms with Gasteiger partial charge in [-0.15, -0.1) is 0 Å². The number of amides is 1. The van der Waals surface area contributed by atoms with E-state index in [2.05, 4.69) is 48.7 Å². The summed E-state index contributed by atoms with van der Waals surface area (Å²) in [6.45, 7) is 17.0. The van der Waals surface area contributed by atoms with E-state index >= 15 is 0 Å². The summed E-state index contributed by atoms with van der Waals surface area (Å²) in [6, 6.07) is 10.4. The number of ether oxygens (including phenoxy) is 1. The number of nitrogens with one attached hydrogen (secondary N) is 1. The Bertz CT molecular complexity index is 1690. The van der Waals surface area contributed by atoms with Crippen LogP contribution in [-0.4, -0.2) is 72.9 Å². The van der Waals surface area contributed by atoms with Crippen molar-refractivity contribution in [2.45, 2.75) is 52.9 Å². The van der Waals surface area contributed by atoms with Gasteiger partial charge in [-0.25, -0.2) is 0 Å². The average Bonchev–Trinajstić information content (AvgIpc) is 3.54. The summed E-state index contributed by atoms with van der Waals surface area (Å²) in [6.07, 6.45) is 15.3. The molecule has 8 heteroatoms. The van der Waals surface area contributed by atoms with Crippen LogP contribution in [0, 0.1) is 12.3 Å². The first-order chi connectivity index (χ1) is 23.6. The highest BCUT2D eigenvalue weighted by molar-refractivity contribution is 5.96. The number of hydrogen-bond acceptors (Lipinski definition) is 6. The lowest BCUT2D eigenvalue weighted by Crippen LogP contribution is -2.45. The number of hydrogen-bond donors (Lipinski definition) is 2. The van der Waals surface area contributed by atoms with Gasteiger partial charge in [-0.3, -0.25) is 14.3 Å². The summed E-state index contributed by atoms with van der Waals surface area (Å²) in [5.74, 6) is 0.734. The van der Waals surface area contributed by atoms with Crippen molar-refractivity contribution in [3.8, 4) is 16.9 Å². The van der Waals surface area contributed by atoms with Crippen molar-refractivity contribution >= 4 is 23.3 Å². The van der Waals surface area contributed by atoms with Gasteiger partial charge in [-0.2, -0.15) is 5.10 Å². The molecule has 0 radical (unpaired) electrons. The van der Waals surface area contributed by atoms with Gasteiger partial charge in [0.2, 0.25) is 0 Å². The number of benzene rings is 2. The lowest BCUT2D eigenvalue weighted by Gasteiger charge is -2.45. The number of rotatable bonds is 9. The normalized spacial score (nSPS) is 15.1. The maximum Gasteiger partial charge on any atom is 0.253 e. The molecule has 0 unspecified atom stereocenters. The second kappa shape index (κ2) is 18.3. The van der Waals surface area contributed by atoms with Gasteiger partial charge >= 0.3 is 0 Å². The molecular formula is C41H54N4O4. The van der Waals surface area contributed by atoms with Crippen LogP contribution in [0.4, 0.5) is 0 Å². The van der Waals surface area contributed by atoms with Crippen molar-refractivity contribution in [3.63, 3.8) is 0 Å². The van der Waals surface area contributed by atoms with Crippen molar-refractivity contribution in [1.29, 1.82) is 0 Å². The summed E-state index contributed by atoms with van der Waals surface area (Å²) in [5, 5.41) is 14.3. The maximum atomic E-state index is 13.7. The number of methoxy groups -OCH3 is 1. The molecule has 1 aliphatic carbocycles. The lowest BCUT2D eigenvalue weighted by molar-refractivity contribution is -0.104. The first-order valence-corrected chi connectivity index (χ1v) is 16.9. The van der Waals surface area contributed by atoms with Gasteiger partial charge in [0.1, 0.15) is 12.0 Å². The number of fused-ring (bicyclic) bond motifs is 1. The first-order valence-electron chi connectivity index (χ1n) is 16.9. The van der Waals surface area contributed by atoms with E-state index < -0.39 is 0 Å². The van der Waals surface area contributed by atoms with Crippen LogP contribution in [-0.2, 0) is 18.3 Å². The zero-order chi connectivity index (χ0) is 36.1. The summed E-state index contributed by atoms with van der Waals surface area (Å²) < 4.78 is 7.48. The Hall–Kier alpha value is -4.53. The fraction of sp³-hybridized carbons (Fsp3) is 0.390. The number of aryl methyl sites for hydroxylation is 2. The minimum absolute atomic E-state index is 0.0489. The van der Waals surface area contributed by atoms with Gasteiger partial charge in [-0.1, -0.05) is 50.4 Å². The number of allylic oxidation sites excluding steroid dienone is 6. The standard InChI is InChI=1S/C36H39N3O3.C4H11N.CH4O/c1-7-27(9-8-24(2)23-40)28-10-11-29-20-36(19-26(4)32(29)17-28)12-14-39(15-13-36)35(41)30-16-25(3)34(33(18-30)42-6)31-21-37-38(5)22-31;1-3-4-5-2;1-2/h7-11,16-18,21-23H,2,4,12-15,19-20H2,1,3,5-6H3;5H,3-4H2,1-2H3;2H,1H3/b9-8-,27-7+;;. The molecule has 8 nitrogen and oxygen atoms in total. The summed E-state index contributed by atoms with van der Waals surface area (Å²) in [7, 11) is 6.49. The fourth-order valence-electron chi connectivity index (χ4n) is 6.78. The van der Waals surface area contributed by atoms with Gasteiger partial charge in [0.15, 0.2) is 0 Å². The zero-order valence-corrected chi connectivity index (χ0v) is 30.4. The van der Waals surface area contributed by atoms with E-state index in [4.69, 9.17) is 9.84 Å². The summed E-state index contributed by atoms with van der Waals surface area (Å²) in [5.41, 5.74) is 9.97. The Balaban J connectivity index is 0.000000852. The van der Waals surface area contributed by atoms with Gasteiger partial charge in [0.05, 0.1) is 13.3 Å². The Morgan fingerprint density at radius 3 is 2.39 bits per heavy atom. The Morgan fingerprint density at radius 1 is 1.12 bits per heavy atom. The van der Waals surface area contributed by atoms with Crippen molar-refractivity contribution in [2.24, 2.45) is 12.5 Å². The zero-order valence-electron chi connectivity index (χ0n) is 30.4. The van der Waals surface area contributed by atoms with E-state index in [1.54, 1.807) is 17.9 Å². The van der Waals surface area contributed by atoms with E-state index in [0.29, 0.717) is 16.9 Å². The van der Waals surface area contributed by atoms with Crippen LogP contribution >= 0.6 is 0 Å². The fourth-order valence-corrected chi connectivity index (χ4v) is 6.78. The number of piperidine rings is 1. The third kappa shape index (κ3) is 9.55. The SMILES string of the molecule is C=C(C=O)/C=C\C(=C/C)c1ccc2c(c1)C(=C)CC1(CCN(C(=O)c3cc(C)c(-c4cnn(C)c4)c(OC)c3)CC1)C2.CCCNC.CO. The molecular weight excluding hydrogens is 612 g/mol. The van der Waals surface area contributed by atoms with E-state index in [1.807, 2.05) is 69.5 Å². The van der Waals surface area contributed by atoms with Gasteiger partial charge in [-0.05, 0) is 117 Å². The highest BCUT2D eigenvalue weighted by Gasteiger charge is 2.40. The molecule has 1 spiro atoms. The number of aliphatic hydroxyl groups excluding tert-OH is 1. The number of carbonyl (C=O) groups excluding carboxylic acids is 2. The Morgan fingerprint density at radius 2 is 1.84 bits per heavy atom. The number of carbonyl (C=O) groups is 2. The quantitative estimate of drug-likeness (QED) is 0.142. The van der Waals surface area contributed by atoms with Gasteiger partial charge in [0, 0.05) is 55.7 Å². The minimum Gasteiger partial charge on any atom is -0.496 e. The van der Waals surface area contributed by atoms with Crippen LogP contribution in [0.25, 0.3) is 22.3 Å². The molecule has 1 aliphatic heterocycles. The lowest BCUT2D eigenvalue weighted by atomic mass is 9.64. The summed E-state index contributed by atoms with van der Waals surface area (Å²) >= 11 is 0. The minimum atomic E-state index is 0.0489. The second-order valence-corrected chi connectivity index (χ2v) is 12.8. The van der Waals surface area contributed by atoms with Crippen LogP contribution in [0.3, 0.4) is 0 Å². The maximum absolute atomic E-state index is 13.7. The van der Waals surface area contributed by atoms with Crippen LogP contribution in [0.15, 0.2) is 79.7 Å². The van der Waals surface area contributed by atoms with Crippen LogP contribution in [0.5, 0.6) is 5.75 Å². The molecule has 2 heterocycles. The molecule has 0 bridgehead atoms. The van der Waals surface area contributed by atoms with E-state index in [1.165, 1.54) is 17.5 Å². The van der Waals surface area contributed by atoms with E-state index in [9.17, 15) is 9.59 Å². The number of aromatic nitrogens is 2. The molecule has 5 rings (SSSR count). The van der Waals surface area contributed by atoms with E-state index in [0.717, 1.165) is 92.1 Å². The third-order valence-electron chi connectivity index (χ3n) is 9.29. The topological polar surface area (TPSA) is 96.7 Å². The van der Waals surface area contributed by atoms with Crippen molar-refractivity contribution in [1.82, 2.24) is 20.0 Å². The molecule has 1 fully saturated rings. The number of nitrogens with zero attached hydrogens (tertiary/aromatic N) is 3. The molecule has 3 aromatic rings. The molecule has 49 heavy (non-hydrogen) atoms. The van der Waals surface area contributed by atoms with Crippen LogP contribution < -0.4 is 10.1 Å². The molecule has 2 aromatic carbocycles. The molecule has 1 saturated heterocycles. The predicted octanol–water partition coefficient (Wildman–Crippen LogP) is 7.23. The smallest absolute Gasteiger partial charge is 0.253 e. The Labute approximate surface area is 292 Å². The third-order valence-corrected chi connectivity index (χ3v) is 9.29. The highest BCUT2D eigenvalue weighted by atomic mass is 16.5. The molecule has 1 amide bonds. The van der Waals surface area contributed by atoms with E-state index in [-0.39, 0.29) is 11.3 Å². The van der Waals surface area contributed by atoms with Crippen molar-refractivity contribution in [3.05, 3.63) is 108 Å². The Kier molecular flexibility index (Phi) is 14.5. The van der Waals surface area contributed by atoms with Crippen LogP contribution in [0.2, 0.25) is 0 Å². The first kappa shape index (κ1) is 38.9. The number of aldehydes is 1. The molecule has 0 saturated carbocycles. The largest absolute Gasteiger partial charge is 0.496 e. The molecule has 1 aromatic heterocycles. The molecule has 2 N–H and O–H groups in total. The second-order valence-electron chi connectivity index (χ2n) is 12.8. The molecule has 2 aliphatic rings. The number of likely N-dealkylation sites (tertiary alicyclic amines) is 1.